The maximum atomic E-state index is 8.06. The molecule has 4 unspecified atom stereocenters. The molecule has 0 saturated carbocycles. The molecular formula is C35H38O8. The molecule has 1 aliphatic carbocycles. The Bertz CT molecular complexity index is 1750. The van der Waals surface area contributed by atoms with Crippen molar-refractivity contribution in [3.8, 4) is 34.5 Å². The lowest BCUT2D eigenvalue weighted by molar-refractivity contribution is -0.132. The maximum Gasteiger partial charge on any atom is 0.293 e. The Balaban J connectivity index is 1.69. The zero-order chi connectivity index (χ0) is 36.7. The number of hydrogen-bond acceptors (Lipinski definition) is 8. The predicted octanol–water partition coefficient (Wildman–Crippen LogP) is 5.19. The van der Waals surface area contributed by atoms with Crippen molar-refractivity contribution in [1.82, 2.24) is 0 Å². The van der Waals surface area contributed by atoms with Gasteiger partial charge in [0.2, 0.25) is 8.65 Å². The summed E-state index contributed by atoms with van der Waals surface area (Å²) in [5.41, 5.74) is 3.49. The summed E-state index contributed by atoms with van der Waals surface area (Å²) >= 11 is 0. The summed E-state index contributed by atoms with van der Waals surface area (Å²) in [4.78, 5) is 0. The molecule has 226 valence electrons. The molecule has 4 aromatic carbocycles. The van der Waals surface area contributed by atoms with E-state index in [1.54, 1.807) is 48.5 Å². The van der Waals surface area contributed by atoms with E-state index >= 15 is 0 Å². The van der Waals surface area contributed by atoms with E-state index in [1.807, 2.05) is 0 Å². The molecular weight excluding hydrogens is 548 g/mol. The van der Waals surface area contributed by atoms with Gasteiger partial charge < -0.3 is 40.9 Å². The van der Waals surface area contributed by atoms with Gasteiger partial charge in [0.25, 0.3) is 8.59 Å². The van der Waals surface area contributed by atoms with E-state index < -0.39 is 5.79 Å². The van der Waals surface area contributed by atoms with E-state index in [0.29, 0.717) is 25.7 Å². The lowest BCUT2D eigenvalue weighted by Crippen LogP contribution is -2.32. The van der Waals surface area contributed by atoms with Crippen LogP contribution >= 0.6 is 0 Å². The van der Waals surface area contributed by atoms with Gasteiger partial charge in [0.15, 0.2) is 0 Å². The molecule has 0 radical (unpaired) electrons. The molecule has 4 aromatic rings. The third kappa shape index (κ3) is 6.82. The first-order chi connectivity index (χ1) is 24.6. The van der Waals surface area contributed by atoms with Crippen LogP contribution in [0.15, 0.2) is 72.8 Å². The molecule has 0 saturated heterocycles. The summed E-state index contributed by atoms with van der Waals surface area (Å²) in [5.74, 6) is -1.30. The molecule has 0 heterocycles. The van der Waals surface area contributed by atoms with Crippen molar-refractivity contribution >= 4 is 0 Å². The number of phenolic OH excluding ortho intramolecular Hbond substituents is 6. The smallest absolute Gasteiger partial charge is 0.293 e. The highest BCUT2D eigenvalue weighted by atomic mass is 16.5. The van der Waals surface area contributed by atoms with Gasteiger partial charge in [-0.25, -0.2) is 0 Å². The standard InChI is InChI=1S/C35H38O8/c1-19-3-21-5-25(15-27(36)7-21)35(42,43)26-6-23(10-28(37)16-26)13-33(19)34(14-24-11-31(40)18-32(41)12-24)20(2)4-22-8-29(38)17-30(39)9-22/h5-12,15-20,33-34,36-43H,3-4,13-14H2,1-2H3/i42D,43D/hD6. The number of phenols is 6. The quantitative estimate of drug-likeness (QED) is 0.0925. The van der Waals surface area contributed by atoms with E-state index in [2.05, 4.69) is 13.8 Å². The second-order valence-corrected chi connectivity index (χ2v) is 12.1. The highest BCUT2D eigenvalue weighted by Crippen LogP contribution is 2.41. The Morgan fingerprint density at radius 1 is 0.628 bits per heavy atom. The van der Waals surface area contributed by atoms with Crippen LogP contribution in [-0.4, -0.2) is 52.3 Å². The largest absolute Gasteiger partial charge is 0.508 e. The van der Waals surface area contributed by atoms with Crippen LogP contribution in [0.3, 0.4) is 0 Å². The molecule has 0 aliphatic heterocycles. The van der Waals surface area contributed by atoms with Crippen LogP contribution in [0.2, 0.25) is 0 Å². The average molecular weight is 595 g/mol. The van der Waals surface area contributed by atoms with Gasteiger partial charge in [-0.05, 0) is 132 Å². The summed E-state index contributed by atoms with van der Waals surface area (Å²) in [6, 6.07) is 19.7. The predicted molar refractivity (Wildman–Crippen MR) is 161 cm³/mol. The minimum atomic E-state index is -2.06. The van der Waals surface area contributed by atoms with Crippen LogP contribution < -0.4 is 0 Å². The van der Waals surface area contributed by atoms with Gasteiger partial charge in [0, 0.05) is 23.3 Å². The summed E-state index contributed by atoms with van der Waals surface area (Å²) in [7, 11) is 0. The van der Waals surface area contributed by atoms with Crippen molar-refractivity contribution in [2.24, 2.45) is 23.7 Å². The van der Waals surface area contributed by atoms with Crippen LogP contribution in [0.5, 0.6) is 34.5 Å². The summed E-state index contributed by atoms with van der Waals surface area (Å²) in [5, 5.41) is 39.2. The lowest BCUT2D eigenvalue weighted by atomic mass is 9.68. The van der Waals surface area contributed by atoms with Crippen molar-refractivity contribution in [2.75, 3.05) is 0 Å². The molecule has 43 heavy (non-hydrogen) atoms. The first-order valence-electron chi connectivity index (χ1n) is 17.5. The molecule has 5 rings (SSSR count). The highest BCUT2D eigenvalue weighted by Gasteiger charge is 2.35. The molecule has 4 atom stereocenters. The van der Waals surface area contributed by atoms with E-state index in [1.165, 1.54) is 24.3 Å². The second kappa shape index (κ2) is 11.7. The van der Waals surface area contributed by atoms with E-state index in [9.17, 15) is 0 Å². The number of aromatic hydroxyl groups is 6. The SMILES string of the molecule is [2H]Oc1cc(CC(C)C(Cc2cc(O[2H])cc(O[2H])c2)C2Cc3cc(O[2H])cc(c3)C(O[2H])(O[2H])c3cc(cc(O[2H])c3)CC2C)cc(O[2H])c1. The topological polar surface area (TPSA) is 162 Å². The molecule has 0 amide bonds. The number of benzene rings is 4. The fraction of sp³-hybridized carbons (Fsp3) is 0.314. The first kappa shape index (κ1) is 21.3. The van der Waals surface area contributed by atoms with Crippen LogP contribution in [0, 0.1) is 23.7 Å². The molecule has 0 fully saturated rings. The highest BCUT2D eigenvalue weighted by molar-refractivity contribution is 5.45. The molecule has 8 nitrogen and oxygen atoms in total. The van der Waals surface area contributed by atoms with Gasteiger partial charge in [0.05, 0.1) is 0 Å². The van der Waals surface area contributed by atoms with Gasteiger partial charge in [-0.3, -0.25) is 0 Å². The molecule has 8 heteroatoms. The van der Waals surface area contributed by atoms with Gasteiger partial charge >= 0.3 is 0 Å². The number of fused-ring (bicyclic) bond motifs is 4. The second-order valence-electron chi connectivity index (χ2n) is 12.1. The molecule has 0 aromatic heterocycles. The Morgan fingerprint density at radius 2 is 1.09 bits per heavy atom. The summed E-state index contributed by atoms with van der Waals surface area (Å²) in [6.07, 6.45) is 1.88. The van der Waals surface area contributed by atoms with Crippen molar-refractivity contribution in [3.05, 3.63) is 106 Å². The molecule has 1 aliphatic rings. The molecule has 0 spiro atoms. The summed E-state index contributed by atoms with van der Waals surface area (Å²) < 4.78 is 61.5. The van der Waals surface area contributed by atoms with E-state index in [-0.39, 0.29) is 69.3 Å². The monoisotopic (exact) mass is 594 g/mol. The van der Waals surface area contributed by atoms with Gasteiger partial charge in [-0.2, -0.15) is 0 Å². The lowest BCUT2D eigenvalue weighted by Gasteiger charge is -2.37. The van der Waals surface area contributed by atoms with Crippen LogP contribution in [0.25, 0.3) is 0 Å². The van der Waals surface area contributed by atoms with Gasteiger partial charge in [-0.15, -0.1) is 0 Å². The number of rotatable bonds is 14. The van der Waals surface area contributed by atoms with Crippen molar-refractivity contribution in [2.45, 2.75) is 45.3 Å². The third-order valence-corrected chi connectivity index (χ3v) is 8.64. The molecule has 4 bridgehead atoms. The van der Waals surface area contributed by atoms with Crippen molar-refractivity contribution in [1.29, 1.82) is 11.4 Å². The van der Waals surface area contributed by atoms with Crippen molar-refractivity contribution < 1.29 is 40.9 Å². The first-order valence-corrected chi connectivity index (χ1v) is 14.3. The van der Waals surface area contributed by atoms with Crippen LogP contribution in [-0.2, 0) is 31.5 Å². The van der Waals surface area contributed by atoms with Crippen LogP contribution in [0.1, 0.15) is 47.2 Å². The minimum Gasteiger partial charge on any atom is -0.508 e. The molecule has 8 N–H and O–H groups in total. The Labute approximate surface area is 262 Å². The third-order valence-electron chi connectivity index (χ3n) is 8.64. The Hall–Kier alpha value is -4.40. The van der Waals surface area contributed by atoms with Crippen molar-refractivity contribution in [3.63, 3.8) is 0 Å². The zero-order valence-corrected chi connectivity index (χ0v) is 23.8. The normalized spacial score (nSPS) is 21.3. The Morgan fingerprint density at radius 3 is 1.58 bits per heavy atom. The average Bonchev–Trinajstić information content (AvgIpc) is 3.16. The van der Waals surface area contributed by atoms with Crippen LogP contribution in [0.4, 0.5) is 0 Å². The number of aliphatic hydroxyl groups is 2. The zero-order valence-electron chi connectivity index (χ0n) is 31.8. The fourth-order valence-corrected chi connectivity index (χ4v) is 6.74. The maximum absolute atomic E-state index is 8.06. The minimum absolute atomic E-state index is 0.0609. The van der Waals surface area contributed by atoms with Gasteiger partial charge in [0.1, 0.15) is 34.5 Å². The van der Waals surface area contributed by atoms with E-state index in [4.69, 9.17) is 52.3 Å². The van der Waals surface area contributed by atoms with E-state index in [0.717, 1.165) is 22.3 Å². The fourth-order valence-electron chi connectivity index (χ4n) is 6.74. The number of hydrogen-bond donors (Lipinski definition) is 8. The summed E-state index contributed by atoms with van der Waals surface area (Å²) in [6.45, 7) is 4.21. The van der Waals surface area contributed by atoms with Gasteiger partial charge in [-0.1, -0.05) is 13.8 Å². The Kier molecular flexibility index (Phi) is 5.80.